The zero-order valence-electron chi connectivity index (χ0n) is 17.6. The molecule has 1 aliphatic heterocycles. The van der Waals surface area contributed by atoms with Crippen LogP contribution in [0.1, 0.15) is 35.8 Å². The molecule has 1 saturated heterocycles. The molecular weight excluding hydrogens is 496 g/mol. The maximum Gasteiger partial charge on any atom is 0.193 e. The van der Waals surface area contributed by atoms with Crippen molar-refractivity contribution in [1.29, 1.82) is 0 Å². The number of halogens is 2. The zero-order valence-corrected chi connectivity index (χ0v) is 19.9. The van der Waals surface area contributed by atoms with Crippen molar-refractivity contribution in [2.24, 2.45) is 4.99 Å². The number of nitrogens with zero attached hydrogens (tertiary/aromatic N) is 2. The molecule has 162 valence electrons. The molecule has 0 bridgehead atoms. The minimum atomic E-state index is -0.120. The molecule has 2 aromatic rings. The summed E-state index contributed by atoms with van der Waals surface area (Å²) in [5.74, 6) is 3.00. The van der Waals surface area contributed by atoms with E-state index in [9.17, 15) is 4.39 Å². The summed E-state index contributed by atoms with van der Waals surface area (Å²) in [6, 6.07) is 13.4. The van der Waals surface area contributed by atoms with E-state index in [-0.39, 0.29) is 41.8 Å². The number of rotatable bonds is 5. The number of guanidine groups is 1. The third-order valence-electron chi connectivity index (χ3n) is 5.95. The predicted octanol–water partition coefficient (Wildman–Crippen LogP) is 4.38. The van der Waals surface area contributed by atoms with Crippen LogP contribution in [0.3, 0.4) is 0 Å². The molecule has 2 aliphatic rings. The van der Waals surface area contributed by atoms with Gasteiger partial charge in [-0.15, -0.1) is 24.0 Å². The Morgan fingerprint density at radius 3 is 2.47 bits per heavy atom. The molecule has 2 aromatic carbocycles. The van der Waals surface area contributed by atoms with Gasteiger partial charge >= 0.3 is 0 Å². The van der Waals surface area contributed by atoms with E-state index >= 15 is 0 Å². The molecule has 2 fully saturated rings. The standard InChI is InChI=1S/C23H28FN3O2.HI/c1-25-23(26-22-13-20(22)19-6-4-5-7-21(19)24)27-9-8-15(14-27)16-10-17(28-2)12-18(11-16)29-3;/h4-7,10-12,15,20,22H,8-9,13-14H2,1-3H3,(H,25,26);1H. The Kier molecular flexibility index (Phi) is 7.44. The summed E-state index contributed by atoms with van der Waals surface area (Å²) >= 11 is 0. The van der Waals surface area contributed by atoms with Gasteiger partial charge < -0.3 is 19.7 Å². The summed E-state index contributed by atoms with van der Waals surface area (Å²) in [6.07, 6.45) is 1.97. The Morgan fingerprint density at radius 1 is 1.13 bits per heavy atom. The fourth-order valence-corrected chi connectivity index (χ4v) is 4.23. The average molecular weight is 525 g/mol. The van der Waals surface area contributed by atoms with Crippen molar-refractivity contribution in [3.05, 3.63) is 59.4 Å². The van der Waals surface area contributed by atoms with Gasteiger partial charge in [0.1, 0.15) is 17.3 Å². The number of hydrogen-bond acceptors (Lipinski definition) is 3. The van der Waals surface area contributed by atoms with Crippen LogP contribution >= 0.6 is 24.0 Å². The van der Waals surface area contributed by atoms with Crippen molar-refractivity contribution in [2.45, 2.75) is 30.7 Å². The van der Waals surface area contributed by atoms with E-state index in [1.54, 1.807) is 20.3 Å². The van der Waals surface area contributed by atoms with E-state index < -0.39 is 0 Å². The SMILES string of the molecule is CN=C(NC1CC1c1ccccc1F)N1CCC(c2cc(OC)cc(OC)c2)C1.I. The highest BCUT2D eigenvalue weighted by Gasteiger charge is 2.41. The van der Waals surface area contributed by atoms with Crippen molar-refractivity contribution >= 4 is 29.9 Å². The van der Waals surface area contributed by atoms with Crippen LogP contribution in [0.4, 0.5) is 4.39 Å². The van der Waals surface area contributed by atoms with E-state index in [1.807, 2.05) is 25.2 Å². The van der Waals surface area contributed by atoms with Gasteiger partial charge in [-0.2, -0.15) is 0 Å². The van der Waals surface area contributed by atoms with Gasteiger partial charge in [-0.1, -0.05) is 18.2 Å². The minimum Gasteiger partial charge on any atom is -0.497 e. The number of likely N-dealkylation sites (tertiary alicyclic amines) is 1. The van der Waals surface area contributed by atoms with Crippen molar-refractivity contribution in [1.82, 2.24) is 10.2 Å². The number of methoxy groups -OCH3 is 2. The first-order valence-electron chi connectivity index (χ1n) is 10.1. The smallest absolute Gasteiger partial charge is 0.193 e. The van der Waals surface area contributed by atoms with E-state index in [1.165, 1.54) is 11.6 Å². The summed E-state index contributed by atoms with van der Waals surface area (Å²) < 4.78 is 24.9. The lowest BCUT2D eigenvalue weighted by Gasteiger charge is -2.22. The monoisotopic (exact) mass is 525 g/mol. The lowest BCUT2D eigenvalue weighted by Crippen LogP contribution is -2.41. The Hall–Kier alpha value is -2.03. The molecule has 4 rings (SSSR count). The molecule has 0 radical (unpaired) electrons. The van der Waals surface area contributed by atoms with Crippen LogP contribution in [0.25, 0.3) is 0 Å². The van der Waals surface area contributed by atoms with Gasteiger partial charge in [0.15, 0.2) is 5.96 Å². The zero-order chi connectivity index (χ0) is 20.4. The van der Waals surface area contributed by atoms with Gasteiger partial charge in [-0.25, -0.2) is 4.39 Å². The highest BCUT2D eigenvalue weighted by Crippen LogP contribution is 2.42. The van der Waals surface area contributed by atoms with Crippen LogP contribution in [0.15, 0.2) is 47.5 Å². The maximum atomic E-state index is 14.0. The number of benzene rings is 2. The Balaban J connectivity index is 0.00000256. The van der Waals surface area contributed by atoms with E-state index in [2.05, 4.69) is 27.3 Å². The van der Waals surface area contributed by atoms with Gasteiger partial charge in [0.25, 0.3) is 0 Å². The van der Waals surface area contributed by atoms with Crippen molar-refractivity contribution in [3.8, 4) is 11.5 Å². The highest BCUT2D eigenvalue weighted by molar-refractivity contribution is 14.0. The highest BCUT2D eigenvalue weighted by atomic mass is 127. The van der Waals surface area contributed by atoms with Crippen LogP contribution in [-0.2, 0) is 0 Å². The van der Waals surface area contributed by atoms with E-state index in [0.29, 0.717) is 5.92 Å². The van der Waals surface area contributed by atoms with Crippen LogP contribution in [0.2, 0.25) is 0 Å². The summed E-state index contributed by atoms with van der Waals surface area (Å²) in [5.41, 5.74) is 2.01. The third kappa shape index (κ3) is 4.82. The number of aliphatic imine (C=N–C) groups is 1. The lowest BCUT2D eigenvalue weighted by molar-refractivity contribution is 0.392. The fourth-order valence-electron chi connectivity index (χ4n) is 4.23. The first-order chi connectivity index (χ1) is 14.1. The predicted molar refractivity (Wildman–Crippen MR) is 128 cm³/mol. The second kappa shape index (κ2) is 9.85. The molecule has 1 heterocycles. The molecule has 0 spiro atoms. The molecule has 3 unspecified atom stereocenters. The molecule has 0 amide bonds. The molecule has 1 saturated carbocycles. The minimum absolute atomic E-state index is 0. The molecule has 7 heteroatoms. The molecule has 3 atom stereocenters. The normalized spacial score (nSPS) is 23.0. The third-order valence-corrected chi connectivity index (χ3v) is 5.95. The van der Waals surface area contributed by atoms with Gasteiger partial charge in [-0.3, -0.25) is 4.99 Å². The van der Waals surface area contributed by atoms with Gasteiger partial charge in [0.05, 0.1) is 14.2 Å². The quantitative estimate of drug-likeness (QED) is 0.358. The average Bonchev–Trinajstić information content (AvgIpc) is 3.34. The fraction of sp³-hybridized carbons (Fsp3) is 0.435. The van der Waals surface area contributed by atoms with E-state index in [4.69, 9.17) is 9.47 Å². The molecular formula is C23H29FIN3O2. The Labute approximate surface area is 194 Å². The number of hydrogen-bond donors (Lipinski definition) is 1. The van der Waals surface area contributed by atoms with Crippen LogP contribution in [0.5, 0.6) is 11.5 Å². The first kappa shape index (κ1) is 22.7. The lowest BCUT2D eigenvalue weighted by atomic mass is 9.98. The molecule has 30 heavy (non-hydrogen) atoms. The van der Waals surface area contributed by atoms with Crippen LogP contribution in [0, 0.1) is 5.82 Å². The molecule has 5 nitrogen and oxygen atoms in total. The number of nitrogens with one attached hydrogen (secondary N) is 1. The molecule has 1 N–H and O–H groups in total. The Morgan fingerprint density at radius 2 is 1.83 bits per heavy atom. The van der Waals surface area contributed by atoms with E-state index in [0.717, 1.165) is 49.0 Å². The van der Waals surface area contributed by atoms with Crippen molar-refractivity contribution < 1.29 is 13.9 Å². The molecule has 1 aliphatic carbocycles. The summed E-state index contributed by atoms with van der Waals surface area (Å²) in [6.45, 7) is 1.81. The van der Waals surface area contributed by atoms with Gasteiger partial charge in [0.2, 0.25) is 0 Å². The van der Waals surface area contributed by atoms with Crippen LogP contribution < -0.4 is 14.8 Å². The topological polar surface area (TPSA) is 46.1 Å². The summed E-state index contributed by atoms with van der Waals surface area (Å²) in [7, 11) is 5.16. The largest absolute Gasteiger partial charge is 0.497 e. The summed E-state index contributed by atoms with van der Waals surface area (Å²) in [4.78, 5) is 6.77. The Bertz CT molecular complexity index is 886. The number of ether oxygens (including phenoxy) is 2. The molecule has 0 aromatic heterocycles. The first-order valence-corrected chi connectivity index (χ1v) is 10.1. The maximum absolute atomic E-state index is 14.0. The summed E-state index contributed by atoms with van der Waals surface area (Å²) in [5, 5.41) is 3.54. The van der Waals surface area contributed by atoms with Crippen molar-refractivity contribution in [2.75, 3.05) is 34.4 Å². The van der Waals surface area contributed by atoms with Gasteiger partial charge in [-0.05, 0) is 42.2 Å². The van der Waals surface area contributed by atoms with Gasteiger partial charge in [0, 0.05) is 44.1 Å². The second-order valence-electron chi connectivity index (χ2n) is 7.74. The van der Waals surface area contributed by atoms with Crippen LogP contribution in [-0.4, -0.2) is 51.3 Å². The second-order valence-corrected chi connectivity index (χ2v) is 7.74. The van der Waals surface area contributed by atoms with Crippen molar-refractivity contribution in [3.63, 3.8) is 0 Å².